The topological polar surface area (TPSA) is 106 Å². The third-order valence-electron chi connectivity index (χ3n) is 3.57. The summed E-state index contributed by atoms with van der Waals surface area (Å²) in [6, 6.07) is 5.44. The predicted octanol–water partition coefficient (Wildman–Crippen LogP) is 2.03. The number of benzene rings is 1. The van der Waals surface area contributed by atoms with E-state index in [1.165, 1.54) is 31.4 Å². The molecule has 25 heavy (non-hydrogen) atoms. The van der Waals surface area contributed by atoms with Crippen molar-refractivity contribution in [2.24, 2.45) is 0 Å². The maximum atomic E-state index is 13.1. The highest BCUT2D eigenvalue weighted by atomic mass is 35.5. The van der Waals surface area contributed by atoms with E-state index in [9.17, 15) is 13.2 Å². The maximum Gasteiger partial charge on any atom is 0.337 e. The number of methoxy groups -OCH3 is 1. The molecule has 0 amide bonds. The number of sulfonamides is 1. The lowest BCUT2D eigenvalue weighted by molar-refractivity contribution is 0.0696. The van der Waals surface area contributed by atoms with Crippen LogP contribution < -0.4 is 13.8 Å². The van der Waals surface area contributed by atoms with Gasteiger partial charge in [0.05, 0.1) is 19.2 Å². The monoisotopic (exact) mass is 384 g/mol. The SMILES string of the molecule is COc1ccc(Cl)cc1S(=O)(=O)N1CCOc2ncc(C(=O)O)cc21. The molecule has 0 aliphatic carbocycles. The lowest BCUT2D eigenvalue weighted by atomic mass is 10.2. The average Bonchev–Trinajstić information content (AvgIpc) is 2.60. The van der Waals surface area contributed by atoms with Crippen LogP contribution in [0.2, 0.25) is 5.02 Å². The van der Waals surface area contributed by atoms with Gasteiger partial charge in [-0.2, -0.15) is 0 Å². The van der Waals surface area contributed by atoms with Crippen LogP contribution in [-0.4, -0.2) is 44.7 Å². The standard InChI is InChI=1S/C15H13ClN2O6S/c1-23-12-3-2-10(16)7-13(12)25(21,22)18-4-5-24-14-11(18)6-9(8-17-14)15(19)20/h2-3,6-8H,4-5H2,1H3,(H,19,20). The fourth-order valence-corrected chi connectivity index (χ4v) is 4.27. The Kier molecular flexibility index (Phi) is 4.44. The number of anilines is 1. The van der Waals surface area contributed by atoms with Gasteiger partial charge in [-0.15, -0.1) is 0 Å². The van der Waals surface area contributed by atoms with Crippen molar-refractivity contribution >= 4 is 33.3 Å². The molecule has 0 atom stereocenters. The number of nitrogens with zero attached hydrogens (tertiary/aromatic N) is 2. The van der Waals surface area contributed by atoms with E-state index in [2.05, 4.69) is 4.98 Å². The highest BCUT2D eigenvalue weighted by molar-refractivity contribution is 7.93. The molecule has 0 unspecified atom stereocenters. The third-order valence-corrected chi connectivity index (χ3v) is 5.64. The van der Waals surface area contributed by atoms with Gasteiger partial charge in [0.25, 0.3) is 10.0 Å². The summed E-state index contributed by atoms with van der Waals surface area (Å²) < 4.78 is 37.7. The zero-order valence-corrected chi connectivity index (χ0v) is 14.5. The van der Waals surface area contributed by atoms with Gasteiger partial charge in [0.1, 0.15) is 22.9 Å². The lowest BCUT2D eigenvalue weighted by Gasteiger charge is -2.30. The molecule has 1 aromatic heterocycles. The minimum atomic E-state index is -4.07. The molecule has 0 spiro atoms. The van der Waals surface area contributed by atoms with Gasteiger partial charge in [-0.25, -0.2) is 18.2 Å². The summed E-state index contributed by atoms with van der Waals surface area (Å²) in [5, 5.41) is 9.35. The van der Waals surface area contributed by atoms with E-state index in [-0.39, 0.29) is 46.0 Å². The van der Waals surface area contributed by atoms with Gasteiger partial charge in [-0.1, -0.05) is 11.6 Å². The molecule has 1 aromatic carbocycles. The molecule has 0 radical (unpaired) electrons. The van der Waals surface area contributed by atoms with Gasteiger partial charge in [-0.05, 0) is 24.3 Å². The molecule has 0 bridgehead atoms. The van der Waals surface area contributed by atoms with E-state index in [1.54, 1.807) is 0 Å². The van der Waals surface area contributed by atoms with Gasteiger partial charge in [0, 0.05) is 11.2 Å². The van der Waals surface area contributed by atoms with Crippen LogP contribution in [0.1, 0.15) is 10.4 Å². The highest BCUT2D eigenvalue weighted by Gasteiger charge is 2.33. The van der Waals surface area contributed by atoms with Crippen LogP contribution >= 0.6 is 11.6 Å². The summed E-state index contributed by atoms with van der Waals surface area (Å²) in [5.74, 6) is -1.06. The van der Waals surface area contributed by atoms with Crippen LogP contribution in [0.4, 0.5) is 5.69 Å². The number of rotatable bonds is 4. The number of halogens is 1. The van der Waals surface area contributed by atoms with Gasteiger partial charge in [0.15, 0.2) is 0 Å². The zero-order chi connectivity index (χ0) is 18.2. The van der Waals surface area contributed by atoms with Crippen molar-refractivity contribution in [1.29, 1.82) is 0 Å². The van der Waals surface area contributed by atoms with Crippen molar-refractivity contribution in [2.45, 2.75) is 4.90 Å². The minimum Gasteiger partial charge on any atom is -0.495 e. The number of aromatic nitrogens is 1. The molecule has 2 aromatic rings. The quantitative estimate of drug-likeness (QED) is 0.859. The maximum absolute atomic E-state index is 13.1. The molecule has 8 nitrogen and oxygen atoms in total. The zero-order valence-electron chi connectivity index (χ0n) is 13.0. The predicted molar refractivity (Wildman–Crippen MR) is 89.2 cm³/mol. The van der Waals surface area contributed by atoms with E-state index >= 15 is 0 Å². The number of hydrogen-bond acceptors (Lipinski definition) is 6. The first-order chi connectivity index (χ1) is 11.8. The second kappa shape index (κ2) is 6.41. The first-order valence-electron chi connectivity index (χ1n) is 7.07. The summed E-state index contributed by atoms with van der Waals surface area (Å²) in [5.41, 5.74) is -0.101. The number of aromatic carboxylic acids is 1. The van der Waals surface area contributed by atoms with Crippen molar-refractivity contribution in [3.05, 3.63) is 41.0 Å². The summed E-state index contributed by atoms with van der Waals surface area (Å²) in [6.07, 6.45) is 1.11. The second-order valence-electron chi connectivity index (χ2n) is 5.07. The van der Waals surface area contributed by atoms with Crippen LogP contribution in [0, 0.1) is 0 Å². The van der Waals surface area contributed by atoms with Crippen LogP contribution in [0.3, 0.4) is 0 Å². The average molecular weight is 385 g/mol. The molecule has 1 aliphatic rings. The van der Waals surface area contributed by atoms with Crippen molar-refractivity contribution in [3.63, 3.8) is 0 Å². The molecular formula is C15H13ClN2O6S. The summed E-state index contributed by atoms with van der Waals surface area (Å²) in [6.45, 7) is 0.0737. The van der Waals surface area contributed by atoms with Crippen molar-refractivity contribution in [3.8, 4) is 11.6 Å². The fourth-order valence-electron chi connectivity index (χ4n) is 2.41. The summed E-state index contributed by atoms with van der Waals surface area (Å²) in [4.78, 5) is 14.9. The Balaban J connectivity index is 2.16. The fraction of sp³-hybridized carbons (Fsp3) is 0.200. The van der Waals surface area contributed by atoms with Crippen molar-refractivity contribution < 1.29 is 27.8 Å². The summed E-state index contributed by atoms with van der Waals surface area (Å²) in [7, 11) is -2.73. The molecule has 1 aliphatic heterocycles. The van der Waals surface area contributed by atoms with Crippen LogP contribution in [-0.2, 0) is 10.0 Å². The molecule has 132 valence electrons. The first-order valence-corrected chi connectivity index (χ1v) is 8.89. The number of pyridine rings is 1. The van der Waals surface area contributed by atoms with E-state index < -0.39 is 16.0 Å². The number of fused-ring (bicyclic) bond motifs is 1. The van der Waals surface area contributed by atoms with Gasteiger partial charge in [0.2, 0.25) is 5.88 Å². The third kappa shape index (κ3) is 3.08. The van der Waals surface area contributed by atoms with Gasteiger partial charge < -0.3 is 14.6 Å². The molecule has 0 fully saturated rings. The Bertz CT molecular complexity index is 947. The Hall–Kier alpha value is -2.52. The second-order valence-corrected chi connectivity index (χ2v) is 7.34. The van der Waals surface area contributed by atoms with E-state index in [0.29, 0.717) is 0 Å². The molecule has 10 heteroatoms. The summed E-state index contributed by atoms with van der Waals surface area (Å²) >= 11 is 5.93. The number of carboxylic acids is 1. The number of carbonyl (C=O) groups is 1. The molecule has 2 heterocycles. The van der Waals surface area contributed by atoms with E-state index in [4.69, 9.17) is 26.2 Å². The number of ether oxygens (including phenoxy) is 2. The van der Waals surface area contributed by atoms with Crippen molar-refractivity contribution in [1.82, 2.24) is 4.98 Å². The van der Waals surface area contributed by atoms with E-state index in [0.717, 1.165) is 10.5 Å². The molecule has 1 N–H and O–H groups in total. The molecule has 0 saturated carbocycles. The molecular weight excluding hydrogens is 372 g/mol. The van der Waals surface area contributed by atoms with Gasteiger partial charge in [-0.3, -0.25) is 4.31 Å². The minimum absolute atomic E-state index is 0.00421. The smallest absolute Gasteiger partial charge is 0.337 e. The molecule has 0 saturated heterocycles. The van der Waals surface area contributed by atoms with Crippen molar-refractivity contribution in [2.75, 3.05) is 24.6 Å². The van der Waals surface area contributed by atoms with Crippen LogP contribution in [0.15, 0.2) is 35.4 Å². The number of carboxylic acid groups (broad SMARTS) is 1. The van der Waals surface area contributed by atoms with E-state index in [1.807, 2.05) is 0 Å². The number of hydrogen-bond donors (Lipinski definition) is 1. The molecule has 3 rings (SSSR count). The lowest BCUT2D eigenvalue weighted by Crippen LogP contribution is -2.38. The van der Waals surface area contributed by atoms with Crippen LogP contribution in [0.25, 0.3) is 0 Å². The Morgan fingerprint density at radius 3 is 2.84 bits per heavy atom. The largest absolute Gasteiger partial charge is 0.495 e. The van der Waals surface area contributed by atoms with Gasteiger partial charge >= 0.3 is 5.97 Å². The Morgan fingerprint density at radius 2 is 2.16 bits per heavy atom. The first kappa shape index (κ1) is 17.3. The highest BCUT2D eigenvalue weighted by Crippen LogP contribution is 2.37. The Morgan fingerprint density at radius 1 is 1.40 bits per heavy atom. The Labute approximate surface area is 148 Å². The normalized spacial score (nSPS) is 13.8. The van der Waals surface area contributed by atoms with Crippen LogP contribution in [0.5, 0.6) is 11.6 Å².